The third-order valence-electron chi connectivity index (χ3n) is 4.14. The molecule has 2 heterocycles. The highest BCUT2D eigenvalue weighted by atomic mass is 16.7. The number of fused-ring (bicyclic) bond motifs is 1. The summed E-state index contributed by atoms with van der Waals surface area (Å²) in [7, 11) is 1.67. The van der Waals surface area contributed by atoms with E-state index in [0.717, 1.165) is 34.3 Å². The van der Waals surface area contributed by atoms with Crippen LogP contribution in [0.1, 0.15) is 11.3 Å². The van der Waals surface area contributed by atoms with Gasteiger partial charge in [0.1, 0.15) is 11.6 Å². The fraction of sp³-hybridized carbons (Fsp3) is 0.200. The van der Waals surface area contributed by atoms with Crippen molar-refractivity contribution in [3.8, 4) is 17.2 Å². The molecular weight excluding hydrogens is 344 g/mol. The van der Waals surface area contributed by atoms with Gasteiger partial charge in [-0.3, -0.25) is 0 Å². The third kappa shape index (κ3) is 3.87. The average molecular weight is 364 g/mol. The molecule has 138 valence electrons. The number of aromatic nitrogens is 2. The molecule has 1 aliphatic rings. The Labute approximate surface area is 157 Å². The zero-order chi connectivity index (χ0) is 18.6. The SMILES string of the molecule is COc1ccccc1CNc1cc(C)nc(Nc2ccc3c(c2)OCO3)n1. The lowest BCUT2D eigenvalue weighted by Gasteiger charge is -2.12. The summed E-state index contributed by atoms with van der Waals surface area (Å²) in [5.74, 6) is 3.54. The zero-order valence-corrected chi connectivity index (χ0v) is 15.2. The van der Waals surface area contributed by atoms with Gasteiger partial charge in [-0.25, -0.2) is 4.98 Å². The molecule has 3 aromatic rings. The van der Waals surface area contributed by atoms with E-state index >= 15 is 0 Å². The molecule has 0 aliphatic carbocycles. The molecule has 0 atom stereocenters. The first kappa shape index (κ1) is 17.0. The minimum Gasteiger partial charge on any atom is -0.496 e. The molecular formula is C20H20N4O3. The van der Waals surface area contributed by atoms with Crippen molar-refractivity contribution in [1.29, 1.82) is 0 Å². The van der Waals surface area contributed by atoms with E-state index in [4.69, 9.17) is 14.2 Å². The lowest BCUT2D eigenvalue weighted by atomic mass is 10.2. The zero-order valence-electron chi connectivity index (χ0n) is 15.2. The number of methoxy groups -OCH3 is 1. The van der Waals surface area contributed by atoms with E-state index in [9.17, 15) is 0 Å². The minimum absolute atomic E-state index is 0.247. The number of hydrogen-bond acceptors (Lipinski definition) is 7. The maximum atomic E-state index is 5.41. The van der Waals surface area contributed by atoms with Crippen LogP contribution in [0.25, 0.3) is 0 Å². The summed E-state index contributed by atoms with van der Waals surface area (Å²) in [5.41, 5.74) is 2.75. The monoisotopic (exact) mass is 364 g/mol. The maximum Gasteiger partial charge on any atom is 0.231 e. The molecule has 2 N–H and O–H groups in total. The van der Waals surface area contributed by atoms with E-state index < -0.39 is 0 Å². The summed E-state index contributed by atoms with van der Waals surface area (Å²) in [5, 5.41) is 6.54. The van der Waals surface area contributed by atoms with Gasteiger partial charge in [0.2, 0.25) is 12.7 Å². The second kappa shape index (κ2) is 7.41. The van der Waals surface area contributed by atoms with E-state index in [1.807, 2.05) is 55.5 Å². The molecule has 0 saturated heterocycles. The van der Waals surface area contributed by atoms with Crippen LogP contribution in [0.15, 0.2) is 48.5 Å². The number of anilines is 3. The summed E-state index contributed by atoms with van der Waals surface area (Å²) >= 11 is 0. The fourth-order valence-corrected chi connectivity index (χ4v) is 2.85. The van der Waals surface area contributed by atoms with Gasteiger partial charge in [-0.05, 0) is 25.1 Å². The van der Waals surface area contributed by atoms with Crippen LogP contribution in [0.3, 0.4) is 0 Å². The molecule has 0 amide bonds. The lowest BCUT2D eigenvalue weighted by Crippen LogP contribution is -2.06. The van der Waals surface area contributed by atoms with Crippen LogP contribution in [-0.2, 0) is 6.54 Å². The summed E-state index contributed by atoms with van der Waals surface area (Å²) in [6, 6.07) is 15.4. The van der Waals surface area contributed by atoms with Crippen molar-refractivity contribution in [3.63, 3.8) is 0 Å². The molecule has 0 fully saturated rings. The van der Waals surface area contributed by atoms with Crippen LogP contribution in [0.2, 0.25) is 0 Å². The normalized spacial score (nSPS) is 11.9. The van der Waals surface area contributed by atoms with Crippen molar-refractivity contribution in [2.24, 2.45) is 0 Å². The van der Waals surface area contributed by atoms with Crippen molar-refractivity contribution in [1.82, 2.24) is 9.97 Å². The van der Waals surface area contributed by atoms with Gasteiger partial charge >= 0.3 is 0 Å². The number of ether oxygens (including phenoxy) is 3. The first-order valence-electron chi connectivity index (χ1n) is 8.59. The highest BCUT2D eigenvalue weighted by Crippen LogP contribution is 2.34. The van der Waals surface area contributed by atoms with E-state index in [2.05, 4.69) is 20.6 Å². The number of nitrogens with zero attached hydrogens (tertiary/aromatic N) is 2. The Bertz CT molecular complexity index is 962. The Balaban J connectivity index is 1.49. The standard InChI is InChI=1S/C20H20N4O3/c1-13-9-19(21-11-14-5-3-4-6-16(14)25-2)24-20(22-13)23-15-7-8-17-18(10-15)27-12-26-17/h3-10H,11-12H2,1-2H3,(H2,21,22,23,24). The number of hydrogen-bond donors (Lipinski definition) is 2. The second-order valence-electron chi connectivity index (χ2n) is 6.08. The van der Waals surface area contributed by atoms with Crippen LogP contribution in [0.5, 0.6) is 17.2 Å². The highest BCUT2D eigenvalue weighted by Gasteiger charge is 2.14. The molecule has 0 saturated carbocycles. The number of nitrogens with one attached hydrogen (secondary N) is 2. The maximum absolute atomic E-state index is 5.41. The van der Waals surface area contributed by atoms with Crippen molar-refractivity contribution in [2.45, 2.75) is 13.5 Å². The van der Waals surface area contributed by atoms with Crippen LogP contribution in [0, 0.1) is 6.92 Å². The van der Waals surface area contributed by atoms with Crippen LogP contribution < -0.4 is 24.8 Å². The summed E-state index contributed by atoms with van der Waals surface area (Å²) in [6.45, 7) is 2.78. The highest BCUT2D eigenvalue weighted by molar-refractivity contribution is 5.61. The van der Waals surface area contributed by atoms with Gasteiger partial charge in [0.15, 0.2) is 11.5 Å². The molecule has 7 nitrogen and oxygen atoms in total. The van der Waals surface area contributed by atoms with Crippen LogP contribution >= 0.6 is 0 Å². The van der Waals surface area contributed by atoms with Crippen LogP contribution in [-0.4, -0.2) is 23.9 Å². The third-order valence-corrected chi connectivity index (χ3v) is 4.14. The molecule has 27 heavy (non-hydrogen) atoms. The van der Waals surface area contributed by atoms with Gasteiger partial charge in [0.25, 0.3) is 0 Å². The van der Waals surface area contributed by atoms with Crippen molar-refractivity contribution in [3.05, 3.63) is 59.8 Å². The van der Waals surface area contributed by atoms with Gasteiger partial charge in [-0.2, -0.15) is 4.98 Å². The van der Waals surface area contributed by atoms with Crippen molar-refractivity contribution < 1.29 is 14.2 Å². The summed E-state index contributed by atoms with van der Waals surface area (Å²) in [6.07, 6.45) is 0. The average Bonchev–Trinajstić information content (AvgIpc) is 3.14. The first-order valence-corrected chi connectivity index (χ1v) is 8.59. The van der Waals surface area contributed by atoms with E-state index in [1.165, 1.54) is 0 Å². The predicted octanol–water partition coefficient (Wildman–Crippen LogP) is 3.88. The Morgan fingerprint density at radius 3 is 2.78 bits per heavy atom. The Morgan fingerprint density at radius 2 is 1.89 bits per heavy atom. The Morgan fingerprint density at radius 1 is 1.04 bits per heavy atom. The van der Waals surface area contributed by atoms with Gasteiger partial charge in [-0.1, -0.05) is 18.2 Å². The smallest absolute Gasteiger partial charge is 0.231 e. The van der Waals surface area contributed by atoms with E-state index in [0.29, 0.717) is 18.2 Å². The number of para-hydroxylation sites is 1. The van der Waals surface area contributed by atoms with Crippen molar-refractivity contribution in [2.75, 3.05) is 24.5 Å². The second-order valence-corrected chi connectivity index (χ2v) is 6.08. The quantitative estimate of drug-likeness (QED) is 0.687. The van der Waals surface area contributed by atoms with Gasteiger partial charge in [0.05, 0.1) is 7.11 Å². The lowest BCUT2D eigenvalue weighted by molar-refractivity contribution is 0.174. The molecule has 4 rings (SSSR count). The van der Waals surface area contributed by atoms with Gasteiger partial charge in [-0.15, -0.1) is 0 Å². The topological polar surface area (TPSA) is 77.5 Å². The van der Waals surface area contributed by atoms with Gasteiger partial charge in [0, 0.05) is 35.6 Å². The molecule has 0 radical (unpaired) electrons. The molecule has 1 aromatic heterocycles. The molecule has 1 aliphatic heterocycles. The fourth-order valence-electron chi connectivity index (χ4n) is 2.85. The van der Waals surface area contributed by atoms with E-state index in [-0.39, 0.29) is 6.79 Å². The molecule has 0 spiro atoms. The number of benzene rings is 2. The first-order chi connectivity index (χ1) is 13.2. The minimum atomic E-state index is 0.247. The largest absolute Gasteiger partial charge is 0.496 e. The van der Waals surface area contributed by atoms with Crippen LogP contribution in [0.4, 0.5) is 17.5 Å². The predicted molar refractivity (Wildman–Crippen MR) is 103 cm³/mol. The summed E-state index contributed by atoms with van der Waals surface area (Å²) < 4.78 is 16.1. The Kier molecular flexibility index (Phi) is 4.65. The summed E-state index contributed by atoms with van der Waals surface area (Å²) in [4.78, 5) is 9.00. The van der Waals surface area contributed by atoms with Gasteiger partial charge < -0.3 is 24.8 Å². The molecule has 2 aromatic carbocycles. The van der Waals surface area contributed by atoms with Crippen molar-refractivity contribution >= 4 is 17.5 Å². The van der Waals surface area contributed by atoms with E-state index in [1.54, 1.807) is 7.11 Å². The number of rotatable bonds is 6. The number of aryl methyl sites for hydroxylation is 1. The Hall–Kier alpha value is -3.48. The molecule has 0 unspecified atom stereocenters. The molecule has 0 bridgehead atoms. The molecule has 7 heteroatoms.